The Labute approximate surface area is 156 Å². The van der Waals surface area contributed by atoms with E-state index in [0.717, 1.165) is 5.56 Å². The average Bonchev–Trinajstić information content (AvgIpc) is 2.63. The first-order valence-corrected chi connectivity index (χ1v) is 8.81. The highest BCUT2D eigenvalue weighted by Crippen LogP contribution is 2.27. The molecule has 2 N–H and O–H groups in total. The van der Waals surface area contributed by atoms with Crippen molar-refractivity contribution in [2.75, 3.05) is 13.2 Å². The summed E-state index contributed by atoms with van der Waals surface area (Å²) in [6.45, 7) is 6.80. The fourth-order valence-corrected chi connectivity index (χ4v) is 3.00. The van der Waals surface area contributed by atoms with Crippen molar-refractivity contribution in [3.8, 4) is 11.5 Å². The van der Waals surface area contributed by atoms with Crippen LogP contribution in [-0.2, 0) is 23.4 Å². The highest BCUT2D eigenvalue weighted by molar-refractivity contribution is 5.94. The van der Waals surface area contributed by atoms with Gasteiger partial charge in [-0.2, -0.15) is 0 Å². The van der Waals surface area contributed by atoms with Crippen molar-refractivity contribution in [2.45, 2.75) is 39.5 Å². The number of nitrogens with zero attached hydrogens (tertiary/aromatic N) is 2. The predicted octanol–water partition coefficient (Wildman–Crippen LogP) is 1.54. The molecule has 2 aromatic rings. The number of nitrogens with one attached hydrogen (secondary N) is 1. The summed E-state index contributed by atoms with van der Waals surface area (Å²) in [7, 11) is 0. The number of hydrogen-bond acceptors (Lipinski definition) is 6. The van der Waals surface area contributed by atoms with E-state index >= 15 is 0 Å². The minimum atomic E-state index is -0.827. The van der Waals surface area contributed by atoms with Crippen molar-refractivity contribution in [2.24, 2.45) is 0 Å². The third kappa shape index (κ3) is 3.80. The lowest BCUT2D eigenvalue weighted by atomic mass is 10.1. The van der Waals surface area contributed by atoms with Crippen molar-refractivity contribution in [3.63, 3.8) is 0 Å². The number of amides is 1. The van der Waals surface area contributed by atoms with Gasteiger partial charge in [-0.3, -0.25) is 14.2 Å². The van der Waals surface area contributed by atoms with Gasteiger partial charge in [-0.15, -0.1) is 0 Å². The Morgan fingerprint density at radius 3 is 2.96 bits per heavy atom. The molecular formula is C19H23N3O5. The number of carbonyl (C=O) groups excluding carboxylic acids is 1. The van der Waals surface area contributed by atoms with Crippen LogP contribution in [0, 0.1) is 0 Å². The molecule has 1 amide bonds. The first kappa shape index (κ1) is 18.9. The van der Waals surface area contributed by atoms with Gasteiger partial charge in [-0.25, -0.2) is 4.98 Å². The van der Waals surface area contributed by atoms with E-state index in [4.69, 9.17) is 9.47 Å². The molecule has 0 saturated carbocycles. The predicted molar refractivity (Wildman–Crippen MR) is 97.9 cm³/mol. The van der Waals surface area contributed by atoms with Crippen molar-refractivity contribution in [1.82, 2.24) is 14.9 Å². The van der Waals surface area contributed by atoms with Gasteiger partial charge in [0, 0.05) is 6.54 Å². The maximum Gasteiger partial charge on any atom is 0.296 e. The Morgan fingerprint density at radius 1 is 1.44 bits per heavy atom. The minimum absolute atomic E-state index is 0.208. The van der Waals surface area contributed by atoms with E-state index in [0.29, 0.717) is 24.8 Å². The van der Waals surface area contributed by atoms with Crippen molar-refractivity contribution < 1.29 is 19.4 Å². The van der Waals surface area contributed by atoms with Crippen LogP contribution < -0.4 is 15.6 Å². The van der Waals surface area contributed by atoms with Crippen LogP contribution in [0.15, 0.2) is 29.1 Å². The average molecular weight is 373 g/mol. The summed E-state index contributed by atoms with van der Waals surface area (Å²) >= 11 is 0. The second-order valence-electron chi connectivity index (χ2n) is 6.71. The monoisotopic (exact) mass is 373 g/mol. The topological polar surface area (TPSA) is 103 Å². The fourth-order valence-electron chi connectivity index (χ4n) is 3.00. The number of aromatic nitrogens is 2. The normalized spacial score (nSPS) is 15.1. The van der Waals surface area contributed by atoms with E-state index in [9.17, 15) is 14.7 Å². The molecule has 0 unspecified atom stereocenters. The van der Waals surface area contributed by atoms with Gasteiger partial charge < -0.3 is 19.9 Å². The Hall–Kier alpha value is -2.87. The first-order valence-electron chi connectivity index (χ1n) is 8.81. The zero-order valence-corrected chi connectivity index (χ0v) is 15.6. The van der Waals surface area contributed by atoms with Crippen molar-refractivity contribution in [3.05, 3.63) is 51.7 Å². The van der Waals surface area contributed by atoms with E-state index in [2.05, 4.69) is 10.3 Å². The van der Waals surface area contributed by atoms with Crippen LogP contribution in [0.3, 0.4) is 0 Å². The van der Waals surface area contributed by atoms with Crippen LogP contribution in [0.5, 0.6) is 11.5 Å². The third-order valence-electron chi connectivity index (χ3n) is 4.34. The van der Waals surface area contributed by atoms with E-state index in [1.807, 2.05) is 31.2 Å². The second kappa shape index (κ2) is 7.40. The lowest BCUT2D eigenvalue weighted by Gasteiger charge is -2.32. The number of hydrogen-bond donors (Lipinski definition) is 2. The molecule has 1 aromatic carbocycles. The molecule has 0 fully saturated rings. The molecule has 1 aliphatic rings. The van der Waals surface area contributed by atoms with Crippen LogP contribution in [0.25, 0.3) is 0 Å². The number of rotatable bonds is 5. The second-order valence-corrected chi connectivity index (χ2v) is 6.71. The minimum Gasteiger partial charge on any atom is -0.501 e. The van der Waals surface area contributed by atoms with Crippen LogP contribution in [0.2, 0.25) is 0 Å². The molecule has 1 aliphatic heterocycles. The van der Waals surface area contributed by atoms with Crippen LogP contribution >= 0.6 is 0 Å². The van der Waals surface area contributed by atoms with E-state index in [1.54, 1.807) is 13.8 Å². The maximum atomic E-state index is 12.5. The quantitative estimate of drug-likeness (QED) is 0.824. The number of aromatic hydroxyl groups is 1. The van der Waals surface area contributed by atoms with Crippen LogP contribution in [0.4, 0.5) is 0 Å². The molecule has 8 heteroatoms. The van der Waals surface area contributed by atoms with E-state index in [-0.39, 0.29) is 18.8 Å². The van der Waals surface area contributed by atoms with Crippen molar-refractivity contribution >= 4 is 5.91 Å². The fraction of sp³-hybridized carbons (Fsp3) is 0.421. The molecular weight excluding hydrogens is 350 g/mol. The Bertz CT molecular complexity index is 920. The zero-order chi connectivity index (χ0) is 19.6. The number of fused-ring (bicyclic) bond motifs is 1. The molecule has 144 valence electrons. The third-order valence-corrected chi connectivity index (χ3v) is 4.34. The molecule has 0 atom stereocenters. The van der Waals surface area contributed by atoms with Gasteiger partial charge >= 0.3 is 0 Å². The molecule has 0 radical (unpaired) electrons. The van der Waals surface area contributed by atoms with Gasteiger partial charge in [-0.1, -0.05) is 12.1 Å². The highest BCUT2D eigenvalue weighted by Gasteiger charge is 2.34. The van der Waals surface area contributed by atoms with E-state index in [1.165, 1.54) is 4.57 Å². The smallest absolute Gasteiger partial charge is 0.296 e. The number of ether oxygens (including phenoxy) is 2. The summed E-state index contributed by atoms with van der Waals surface area (Å²) in [5.74, 6) is -0.260. The molecule has 3 rings (SSSR count). The summed E-state index contributed by atoms with van der Waals surface area (Å²) in [6, 6.07) is 7.31. The lowest BCUT2D eigenvalue weighted by molar-refractivity contribution is -0.0566. The SMILES string of the molecule is CCOc1cccc(CNC(=O)c2nc3n(c(=O)c2O)CCOC3(C)C)c1. The Balaban J connectivity index is 1.84. The van der Waals surface area contributed by atoms with Gasteiger partial charge in [0.2, 0.25) is 5.75 Å². The van der Waals surface area contributed by atoms with Crippen LogP contribution in [-0.4, -0.2) is 33.8 Å². The summed E-state index contributed by atoms with van der Waals surface area (Å²) < 4.78 is 12.4. The number of benzene rings is 1. The lowest BCUT2D eigenvalue weighted by Crippen LogP contribution is -2.42. The van der Waals surface area contributed by atoms with Crippen molar-refractivity contribution in [1.29, 1.82) is 0 Å². The summed E-state index contributed by atoms with van der Waals surface area (Å²) in [6.07, 6.45) is 0. The standard InChI is InChI=1S/C19H23N3O5/c1-4-26-13-7-5-6-12(10-13)11-20-16(24)14-15(23)17(25)22-8-9-27-19(2,3)18(22)21-14/h5-7,10,23H,4,8-9,11H2,1-3H3,(H,20,24). The highest BCUT2D eigenvalue weighted by atomic mass is 16.5. The molecule has 27 heavy (non-hydrogen) atoms. The molecule has 0 spiro atoms. The Kier molecular flexibility index (Phi) is 5.18. The zero-order valence-electron chi connectivity index (χ0n) is 15.6. The number of carbonyl (C=O) groups is 1. The molecule has 0 saturated heterocycles. The molecule has 2 heterocycles. The van der Waals surface area contributed by atoms with E-state index < -0.39 is 22.8 Å². The molecule has 0 aliphatic carbocycles. The van der Waals surface area contributed by atoms with Gasteiger partial charge in [0.25, 0.3) is 11.5 Å². The van der Waals surface area contributed by atoms with Gasteiger partial charge in [-0.05, 0) is 38.5 Å². The largest absolute Gasteiger partial charge is 0.501 e. The first-order chi connectivity index (χ1) is 12.8. The van der Waals surface area contributed by atoms with Gasteiger partial charge in [0.1, 0.15) is 17.2 Å². The summed E-state index contributed by atoms with van der Waals surface area (Å²) in [4.78, 5) is 29.2. The van der Waals surface area contributed by atoms with Crippen LogP contribution in [0.1, 0.15) is 42.6 Å². The van der Waals surface area contributed by atoms with Gasteiger partial charge in [0.15, 0.2) is 5.69 Å². The Morgan fingerprint density at radius 2 is 2.22 bits per heavy atom. The molecule has 0 bridgehead atoms. The maximum absolute atomic E-state index is 12.5. The molecule has 1 aromatic heterocycles. The molecule has 8 nitrogen and oxygen atoms in total. The summed E-state index contributed by atoms with van der Waals surface area (Å²) in [5.41, 5.74) is -0.941. The van der Waals surface area contributed by atoms with Gasteiger partial charge in [0.05, 0.1) is 19.8 Å². The summed E-state index contributed by atoms with van der Waals surface area (Å²) in [5, 5.41) is 12.9.